The van der Waals surface area contributed by atoms with Gasteiger partial charge in [-0.15, -0.1) is 0 Å². The Bertz CT molecular complexity index is 89.8. The first kappa shape index (κ1) is 17.1. The number of alkyl halides is 1. The van der Waals surface area contributed by atoms with Crippen molar-refractivity contribution >= 4 is 28.0 Å². The van der Waals surface area contributed by atoms with E-state index in [4.69, 9.17) is 0 Å². The summed E-state index contributed by atoms with van der Waals surface area (Å²) < 4.78 is 4.14. The predicted molar refractivity (Wildman–Crippen MR) is 51.5 cm³/mol. The Morgan fingerprint density at radius 1 is 1.46 bits per heavy atom. The van der Waals surface area contributed by atoms with Crippen molar-refractivity contribution in [3.05, 3.63) is 0 Å². The monoisotopic (exact) mass is 280 g/mol. The van der Waals surface area contributed by atoms with Gasteiger partial charge in [0.15, 0.2) is 0 Å². The molecule has 0 aromatic heterocycles. The Balaban J connectivity index is 0. The minimum absolute atomic E-state index is 0. The maximum Gasteiger partial charge on any atom is 1.00 e. The zero-order valence-electron chi connectivity index (χ0n) is 8.12. The van der Waals surface area contributed by atoms with E-state index in [9.17, 15) is 5.26 Å². The topological polar surface area (TPSA) is 41.5 Å². The summed E-state index contributed by atoms with van der Waals surface area (Å²) in [6.45, 7) is 2.17. The van der Waals surface area contributed by atoms with Crippen LogP contribution in [0, 0.1) is 0 Å². The van der Waals surface area contributed by atoms with Gasteiger partial charge >= 0.3 is 29.6 Å². The molecular formula is C7H14BrNaO3S. The second-order valence-electron chi connectivity index (χ2n) is 2.51. The maximum absolute atomic E-state index is 9.41. The number of halogens is 1. The molecule has 1 unspecified atom stereocenters. The van der Waals surface area contributed by atoms with Gasteiger partial charge in [0, 0.05) is 22.6 Å². The minimum atomic E-state index is 0. The molecule has 0 saturated heterocycles. The molecule has 0 amide bonds. The van der Waals surface area contributed by atoms with E-state index in [0.29, 0.717) is 4.83 Å². The fraction of sp³-hybridized carbons (Fsp3) is 1.00. The summed E-state index contributed by atoms with van der Waals surface area (Å²) in [6, 6.07) is 0. The van der Waals surface area contributed by atoms with Crippen molar-refractivity contribution in [2.45, 2.75) is 37.4 Å². The van der Waals surface area contributed by atoms with Crippen LogP contribution in [0.1, 0.15) is 32.6 Å². The van der Waals surface area contributed by atoms with Gasteiger partial charge in [-0.3, -0.25) is 5.04 Å². The van der Waals surface area contributed by atoms with Crippen LogP contribution >= 0.6 is 28.0 Å². The molecule has 1 atom stereocenters. The third-order valence-corrected chi connectivity index (χ3v) is 3.35. The SMILES string of the molecule is CCCCCC(Br)CSOO[O-].[Na+]. The molecule has 0 saturated carbocycles. The molecule has 0 N–H and O–H groups in total. The number of hydrogen-bond donors (Lipinski definition) is 0. The zero-order chi connectivity index (χ0) is 9.23. The third kappa shape index (κ3) is 13.7. The molecule has 0 heterocycles. The van der Waals surface area contributed by atoms with E-state index in [1.807, 2.05) is 0 Å². The van der Waals surface area contributed by atoms with Crippen molar-refractivity contribution in [1.82, 2.24) is 0 Å². The summed E-state index contributed by atoms with van der Waals surface area (Å²) in [5, 5.41) is 12.6. The first-order chi connectivity index (χ1) is 5.81. The summed E-state index contributed by atoms with van der Waals surface area (Å²) in [4.78, 5) is 0.407. The van der Waals surface area contributed by atoms with Crippen LogP contribution in [0.15, 0.2) is 0 Å². The number of unbranched alkanes of at least 4 members (excludes halogenated alkanes) is 2. The molecule has 0 aromatic carbocycles. The van der Waals surface area contributed by atoms with E-state index in [0.717, 1.165) is 24.2 Å². The molecule has 3 nitrogen and oxygen atoms in total. The molecular weight excluding hydrogens is 267 g/mol. The predicted octanol–water partition coefficient (Wildman–Crippen LogP) is -0.794. The van der Waals surface area contributed by atoms with Crippen LogP contribution in [0.5, 0.6) is 0 Å². The second kappa shape index (κ2) is 13.7. The van der Waals surface area contributed by atoms with Gasteiger partial charge in [0.25, 0.3) is 0 Å². The molecule has 0 fully saturated rings. The second-order valence-corrected chi connectivity index (χ2v) is 4.51. The fourth-order valence-corrected chi connectivity index (χ4v) is 1.88. The Labute approximate surface area is 114 Å². The molecule has 0 aliphatic carbocycles. The molecule has 0 aliphatic heterocycles. The summed E-state index contributed by atoms with van der Waals surface area (Å²) in [5.74, 6) is 0.742. The van der Waals surface area contributed by atoms with E-state index in [2.05, 4.69) is 32.2 Å². The normalized spacial score (nSPS) is 12.2. The first-order valence-electron chi connectivity index (χ1n) is 4.03. The Kier molecular flexibility index (Phi) is 18.1. The summed E-state index contributed by atoms with van der Waals surface area (Å²) >= 11 is 4.52. The number of rotatable bonds is 8. The summed E-state index contributed by atoms with van der Waals surface area (Å²) in [5.41, 5.74) is 0. The molecule has 6 heteroatoms. The smallest absolute Gasteiger partial charge is 0.691 e. The van der Waals surface area contributed by atoms with Crippen molar-refractivity contribution < 1.29 is 44.2 Å². The maximum atomic E-state index is 9.41. The molecule has 0 rings (SSSR count). The van der Waals surface area contributed by atoms with Gasteiger partial charge in [-0.1, -0.05) is 42.1 Å². The van der Waals surface area contributed by atoms with Crippen LogP contribution < -0.4 is 34.8 Å². The van der Waals surface area contributed by atoms with E-state index >= 15 is 0 Å². The van der Waals surface area contributed by atoms with Gasteiger partial charge in [0.1, 0.15) is 0 Å². The summed E-state index contributed by atoms with van der Waals surface area (Å²) in [6.07, 6.45) is 4.81. The van der Waals surface area contributed by atoms with Gasteiger partial charge in [0.2, 0.25) is 0 Å². The number of hydrogen-bond acceptors (Lipinski definition) is 4. The average Bonchev–Trinajstić information content (AvgIpc) is 2.06. The van der Waals surface area contributed by atoms with Gasteiger partial charge < -0.3 is 5.26 Å². The van der Waals surface area contributed by atoms with Gasteiger partial charge in [-0.05, 0) is 6.42 Å². The zero-order valence-corrected chi connectivity index (χ0v) is 12.5. The van der Waals surface area contributed by atoms with E-state index in [-0.39, 0.29) is 29.6 Å². The van der Waals surface area contributed by atoms with Gasteiger partial charge in [-0.25, -0.2) is 0 Å². The molecule has 0 aliphatic rings. The van der Waals surface area contributed by atoms with Crippen molar-refractivity contribution in [2.75, 3.05) is 5.75 Å². The Morgan fingerprint density at radius 2 is 2.15 bits per heavy atom. The van der Waals surface area contributed by atoms with Crippen molar-refractivity contribution in [2.24, 2.45) is 0 Å². The molecule has 0 spiro atoms. The van der Waals surface area contributed by atoms with Crippen LogP contribution in [0.4, 0.5) is 0 Å². The van der Waals surface area contributed by atoms with Crippen LogP contribution in [0.25, 0.3) is 0 Å². The van der Waals surface area contributed by atoms with E-state index in [1.54, 1.807) is 0 Å². The van der Waals surface area contributed by atoms with Crippen LogP contribution in [-0.4, -0.2) is 10.6 Å². The van der Waals surface area contributed by atoms with Crippen LogP contribution in [0.2, 0.25) is 0 Å². The quantitative estimate of drug-likeness (QED) is 0.146. The van der Waals surface area contributed by atoms with Gasteiger partial charge in [-0.2, -0.15) is 4.33 Å². The Hall–Kier alpha value is 1.71. The molecule has 74 valence electrons. The van der Waals surface area contributed by atoms with E-state index < -0.39 is 0 Å². The van der Waals surface area contributed by atoms with Crippen molar-refractivity contribution in [3.63, 3.8) is 0 Å². The fourth-order valence-electron chi connectivity index (χ4n) is 0.820. The average molecular weight is 281 g/mol. The first-order valence-corrected chi connectivity index (χ1v) is 5.86. The van der Waals surface area contributed by atoms with Crippen LogP contribution in [0.3, 0.4) is 0 Å². The molecule has 0 bridgehead atoms. The molecule has 13 heavy (non-hydrogen) atoms. The molecule has 0 aromatic rings. The van der Waals surface area contributed by atoms with Crippen molar-refractivity contribution in [3.8, 4) is 0 Å². The largest absolute Gasteiger partial charge is 1.00 e. The third-order valence-electron chi connectivity index (χ3n) is 1.45. The minimum Gasteiger partial charge on any atom is -0.691 e. The van der Waals surface area contributed by atoms with E-state index in [1.165, 1.54) is 19.3 Å². The molecule has 0 radical (unpaired) electrons. The summed E-state index contributed by atoms with van der Waals surface area (Å²) in [7, 11) is 0. The Morgan fingerprint density at radius 3 is 2.69 bits per heavy atom. The van der Waals surface area contributed by atoms with Crippen LogP contribution in [-0.2, 0) is 9.37 Å². The standard InChI is InChI=1S/C7H15BrO3S.Na/c1-2-3-4-5-7(8)6-12-11-10-9;/h7,9H,2-6H2,1H3;/q;+1/p-1. The van der Waals surface area contributed by atoms with Crippen molar-refractivity contribution in [1.29, 1.82) is 0 Å². The van der Waals surface area contributed by atoms with Gasteiger partial charge in [0.05, 0.1) is 0 Å².